The van der Waals surface area contributed by atoms with Crippen LogP contribution < -0.4 is 5.32 Å². The van der Waals surface area contributed by atoms with Gasteiger partial charge in [-0.2, -0.15) is 0 Å². The lowest BCUT2D eigenvalue weighted by Gasteiger charge is -2.51. The lowest BCUT2D eigenvalue weighted by atomic mass is 9.71. The fraction of sp³-hybridized carbons (Fsp3) is 1.00. The number of nitrogens with one attached hydrogen (secondary N) is 1. The zero-order valence-corrected chi connectivity index (χ0v) is 8.56. The second-order valence-electron chi connectivity index (χ2n) is 4.51. The van der Waals surface area contributed by atoms with Crippen LogP contribution in [-0.4, -0.2) is 39.0 Å². The van der Waals surface area contributed by atoms with E-state index in [2.05, 4.69) is 12.2 Å². The Morgan fingerprint density at radius 1 is 1.38 bits per heavy atom. The molecule has 0 unspecified atom stereocenters. The molecular formula is C10H19NO2. The molecule has 0 aromatic rings. The van der Waals surface area contributed by atoms with Crippen LogP contribution >= 0.6 is 0 Å². The van der Waals surface area contributed by atoms with Gasteiger partial charge in [0, 0.05) is 25.6 Å². The van der Waals surface area contributed by atoms with Crippen LogP contribution in [0.1, 0.15) is 19.8 Å². The molecule has 0 aromatic carbocycles. The molecule has 2 aliphatic heterocycles. The maximum Gasteiger partial charge on any atom is 0.0933 e. The fourth-order valence-electron chi connectivity index (χ4n) is 2.25. The van der Waals surface area contributed by atoms with Crippen molar-refractivity contribution in [2.24, 2.45) is 5.41 Å². The molecule has 2 fully saturated rings. The summed E-state index contributed by atoms with van der Waals surface area (Å²) in [5.74, 6) is 0. The van der Waals surface area contributed by atoms with E-state index >= 15 is 0 Å². The van der Waals surface area contributed by atoms with E-state index in [9.17, 15) is 0 Å². The van der Waals surface area contributed by atoms with E-state index in [0.29, 0.717) is 5.41 Å². The molecule has 3 heteroatoms. The van der Waals surface area contributed by atoms with Gasteiger partial charge in [0.25, 0.3) is 0 Å². The maximum absolute atomic E-state index is 5.59. The highest BCUT2D eigenvalue weighted by Crippen LogP contribution is 2.41. The third-order valence-electron chi connectivity index (χ3n) is 3.59. The molecule has 0 bridgehead atoms. The summed E-state index contributed by atoms with van der Waals surface area (Å²) in [5.41, 5.74) is 0.526. The number of hydrogen-bond donors (Lipinski definition) is 1. The molecule has 0 radical (unpaired) electrons. The molecule has 0 saturated carbocycles. The topological polar surface area (TPSA) is 30.5 Å². The minimum atomic E-state index is 0.111. The summed E-state index contributed by atoms with van der Waals surface area (Å²) in [5, 5.41) is 3.28. The third kappa shape index (κ3) is 1.49. The van der Waals surface area contributed by atoms with Crippen LogP contribution in [0.4, 0.5) is 0 Å². The van der Waals surface area contributed by atoms with Gasteiger partial charge in [-0.1, -0.05) is 6.92 Å². The first-order chi connectivity index (χ1) is 6.24. The molecule has 0 aliphatic carbocycles. The zero-order chi connectivity index (χ0) is 9.36. The summed E-state index contributed by atoms with van der Waals surface area (Å²) < 4.78 is 10.9. The van der Waals surface area contributed by atoms with Gasteiger partial charge in [-0.05, 0) is 12.8 Å². The molecule has 2 rings (SSSR count). The number of ether oxygens (including phenoxy) is 2. The maximum atomic E-state index is 5.59. The largest absolute Gasteiger partial charge is 0.380 e. The van der Waals surface area contributed by atoms with Gasteiger partial charge in [-0.25, -0.2) is 0 Å². The molecule has 2 heterocycles. The molecule has 1 N–H and O–H groups in total. The summed E-state index contributed by atoms with van der Waals surface area (Å²) >= 11 is 0. The molecule has 76 valence electrons. The van der Waals surface area contributed by atoms with Crippen LogP contribution in [0, 0.1) is 5.41 Å². The van der Waals surface area contributed by atoms with Crippen LogP contribution in [0.15, 0.2) is 0 Å². The second kappa shape index (κ2) is 3.23. The van der Waals surface area contributed by atoms with E-state index < -0.39 is 0 Å². The summed E-state index contributed by atoms with van der Waals surface area (Å²) in [6.07, 6.45) is 2.36. The van der Waals surface area contributed by atoms with Crippen LogP contribution in [0.5, 0.6) is 0 Å². The van der Waals surface area contributed by atoms with Crippen LogP contribution in [0.3, 0.4) is 0 Å². The van der Waals surface area contributed by atoms with Gasteiger partial charge >= 0.3 is 0 Å². The van der Waals surface area contributed by atoms with E-state index in [4.69, 9.17) is 9.47 Å². The molecule has 2 saturated heterocycles. The Morgan fingerprint density at radius 3 is 2.31 bits per heavy atom. The van der Waals surface area contributed by atoms with E-state index in [1.165, 1.54) is 6.42 Å². The number of rotatable bonds is 4. The van der Waals surface area contributed by atoms with E-state index in [1.807, 2.05) is 7.11 Å². The second-order valence-corrected chi connectivity index (χ2v) is 4.51. The monoisotopic (exact) mass is 185 g/mol. The van der Waals surface area contributed by atoms with Crippen LogP contribution in [0.2, 0.25) is 0 Å². The Balaban J connectivity index is 1.94. The summed E-state index contributed by atoms with van der Waals surface area (Å²) in [6.45, 7) is 6.11. The van der Waals surface area contributed by atoms with Crippen molar-refractivity contribution in [2.45, 2.75) is 25.4 Å². The Labute approximate surface area is 79.8 Å². The first-order valence-electron chi connectivity index (χ1n) is 5.08. The molecule has 2 aliphatic rings. The van der Waals surface area contributed by atoms with Crippen molar-refractivity contribution in [1.82, 2.24) is 5.32 Å². The zero-order valence-electron chi connectivity index (χ0n) is 8.56. The summed E-state index contributed by atoms with van der Waals surface area (Å²) in [4.78, 5) is 0. The molecule has 0 atom stereocenters. The van der Waals surface area contributed by atoms with E-state index in [0.717, 1.165) is 32.7 Å². The SMILES string of the molecule is CCC1(CC2(OC)CNC2)COC1. The Hall–Kier alpha value is -0.120. The number of hydrogen-bond acceptors (Lipinski definition) is 3. The molecule has 0 amide bonds. The average molecular weight is 185 g/mol. The van der Waals surface area contributed by atoms with Gasteiger partial charge in [-0.15, -0.1) is 0 Å². The van der Waals surface area contributed by atoms with Crippen molar-refractivity contribution < 1.29 is 9.47 Å². The molecule has 0 spiro atoms. The highest BCUT2D eigenvalue weighted by Gasteiger charge is 2.48. The average Bonchev–Trinajstić information content (AvgIpc) is 2.02. The first-order valence-corrected chi connectivity index (χ1v) is 5.08. The van der Waals surface area contributed by atoms with Crippen molar-refractivity contribution in [1.29, 1.82) is 0 Å². The molecule has 3 nitrogen and oxygen atoms in total. The van der Waals surface area contributed by atoms with Crippen molar-refractivity contribution >= 4 is 0 Å². The van der Waals surface area contributed by atoms with Gasteiger partial charge in [-0.3, -0.25) is 0 Å². The lowest BCUT2D eigenvalue weighted by molar-refractivity contribution is -0.171. The standard InChI is InChI=1S/C10H19NO2/c1-3-9(7-13-8-9)4-10(12-2)5-11-6-10/h11H,3-8H2,1-2H3. The van der Waals surface area contributed by atoms with Crippen molar-refractivity contribution in [2.75, 3.05) is 33.4 Å². The first kappa shape index (κ1) is 9.44. The number of methoxy groups -OCH3 is 1. The quantitative estimate of drug-likeness (QED) is 0.702. The van der Waals surface area contributed by atoms with Gasteiger partial charge < -0.3 is 14.8 Å². The fourth-order valence-corrected chi connectivity index (χ4v) is 2.25. The van der Waals surface area contributed by atoms with Gasteiger partial charge in [0.05, 0.1) is 18.8 Å². The van der Waals surface area contributed by atoms with Crippen molar-refractivity contribution in [3.05, 3.63) is 0 Å². The van der Waals surface area contributed by atoms with Crippen LogP contribution in [-0.2, 0) is 9.47 Å². The predicted molar refractivity (Wildman–Crippen MR) is 50.8 cm³/mol. The Kier molecular flexibility index (Phi) is 2.34. The minimum Gasteiger partial charge on any atom is -0.380 e. The van der Waals surface area contributed by atoms with Gasteiger partial charge in [0.15, 0.2) is 0 Å². The predicted octanol–water partition coefficient (Wildman–Crippen LogP) is 0.791. The third-order valence-corrected chi connectivity index (χ3v) is 3.59. The highest BCUT2D eigenvalue weighted by molar-refractivity contribution is 5.01. The summed E-state index contributed by atoms with van der Waals surface area (Å²) in [7, 11) is 1.82. The van der Waals surface area contributed by atoms with Crippen molar-refractivity contribution in [3.8, 4) is 0 Å². The normalized spacial score (nSPS) is 29.1. The van der Waals surface area contributed by atoms with Crippen molar-refractivity contribution in [3.63, 3.8) is 0 Å². The summed E-state index contributed by atoms with van der Waals surface area (Å²) in [6, 6.07) is 0. The van der Waals surface area contributed by atoms with E-state index in [-0.39, 0.29) is 5.60 Å². The van der Waals surface area contributed by atoms with E-state index in [1.54, 1.807) is 0 Å². The molecule has 13 heavy (non-hydrogen) atoms. The minimum absolute atomic E-state index is 0.111. The van der Waals surface area contributed by atoms with Gasteiger partial charge in [0.1, 0.15) is 0 Å². The lowest BCUT2D eigenvalue weighted by Crippen LogP contribution is -2.64. The highest BCUT2D eigenvalue weighted by atomic mass is 16.5. The Bertz CT molecular complexity index is 154. The molecule has 0 aromatic heterocycles. The van der Waals surface area contributed by atoms with Gasteiger partial charge in [0.2, 0.25) is 0 Å². The van der Waals surface area contributed by atoms with Crippen LogP contribution in [0.25, 0.3) is 0 Å². The Morgan fingerprint density at radius 2 is 2.08 bits per heavy atom. The molecular weight excluding hydrogens is 166 g/mol. The smallest absolute Gasteiger partial charge is 0.0933 e.